The van der Waals surface area contributed by atoms with Crippen LogP contribution in [0.1, 0.15) is 16.8 Å². The van der Waals surface area contributed by atoms with Gasteiger partial charge in [-0.05, 0) is 13.8 Å². The van der Waals surface area contributed by atoms with Crippen LogP contribution in [0.5, 0.6) is 0 Å². The quantitative estimate of drug-likeness (QED) is 0.222. The fourth-order valence-corrected chi connectivity index (χ4v) is 2.89. The molecule has 7 nitrogen and oxygen atoms in total. The van der Waals surface area contributed by atoms with Crippen molar-refractivity contribution in [2.24, 2.45) is 4.99 Å². The first-order valence-electron chi connectivity index (χ1n) is 7.59. The van der Waals surface area contributed by atoms with E-state index in [9.17, 15) is 8.42 Å². The summed E-state index contributed by atoms with van der Waals surface area (Å²) >= 11 is 1.70. The molecule has 0 saturated carbocycles. The van der Waals surface area contributed by atoms with Crippen molar-refractivity contribution in [1.29, 1.82) is 0 Å². The maximum Gasteiger partial charge on any atom is 0.191 e. The second kappa shape index (κ2) is 12.8. The number of aromatic nitrogens is 1. The number of aryl methyl sites for hydroxylation is 1. The van der Waals surface area contributed by atoms with E-state index in [0.717, 1.165) is 30.5 Å². The summed E-state index contributed by atoms with van der Waals surface area (Å²) in [6.07, 6.45) is 3.94. The molecule has 1 rings (SSSR count). The molecule has 0 fully saturated rings. The van der Waals surface area contributed by atoms with Crippen molar-refractivity contribution in [2.75, 3.05) is 44.9 Å². The highest BCUT2D eigenvalue weighted by molar-refractivity contribution is 14.0. The molecule has 0 spiro atoms. The van der Waals surface area contributed by atoms with Gasteiger partial charge in [0.15, 0.2) is 5.96 Å². The summed E-state index contributed by atoms with van der Waals surface area (Å²) in [6, 6.07) is 0. The molecule has 0 unspecified atom stereocenters. The summed E-state index contributed by atoms with van der Waals surface area (Å²) in [6.45, 7) is 6.67. The van der Waals surface area contributed by atoms with Gasteiger partial charge in [0.1, 0.15) is 9.84 Å². The number of guanidine groups is 1. The molecule has 24 heavy (non-hydrogen) atoms. The van der Waals surface area contributed by atoms with Gasteiger partial charge in [-0.3, -0.25) is 4.99 Å². The summed E-state index contributed by atoms with van der Waals surface area (Å²) in [4.78, 5) is 9.92. The molecule has 10 heteroatoms. The van der Waals surface area contributed by atoms with Crippen LogP contribution in [0, 0.1) is 6.92 Å². The van der Waals surface area contributed by atoms with Gasteiger partial charge in [-0.2, -0.15) is 0 Å². The number of sulfone groups is 1. The van der Waals surface area contributed by atoms with Gasteiger partial charge in [0, 0.05) is 36.8 Å². The topological polar surface area (TPSA) is 92.7 Å². The highest BCUT2D eigenvalue weighted by atomic mass is 127. The second-order valence-corrected chi connectivity index (χ2v) is 8.62. The zero-order valence-electron chi connectivity index (χ0n) is 14.4. The molecule has 0 radical (unpaired) electrons. The van der Waals surface area contributed by atoms with Crippen LogP contribution in [-0.4, -0.2) is 64.2 Å². The molecule has 0 aliphatic carbocycles. The Balaban J connectivity index is 0.00000529. The molecular weight excluding hydrogens is 463 g/mol. The lowest BCUT2D eigenvalue weighted by Crippen LogP contribution is -2.38. The van der Waals surface area contributed by atoms with Crippen LogP contribution in [0.2, 0.25) is 0 Å². The first kappa shape index (κ1) is 23.5. The minimum absolute atomic E-state index is 0. The first-order chi connectivity index (χ1) is 10.9. The summed E-state index contributed by atoms with van der Waals surface area (Å²) < 4.78 is 27.2. The molecule has 0 amide bonds. The van der Waals surface area contributed by atoms with Crippen LogP contribution in [-0.2, 0) is 21.0 Å². The van der Waals surface area contributed by atoms with Crippen molar-refractivity contribution in [2.45, 2.75) is 20.3 Å². The number of nitrogens with zero attached hydrogens (tertiary/aromatic N) is 2. The van der Waals surface area contributed by atoms with Crippen LogP contribution in [0.15, 0.2) is 11.2 Å². The van der Waals surface area contributed by atoms with Crippen molar-refractivity contribution in [1.82, 2.24) is 15.6 Å². The summed E-state index contributed by atoms with van der Waals surface area (Å²) in [7, 11) is -2.96. The molecule has 0 aliphatic rings. The maximum atomic E-state index is 11.0. The lowest BCUT2D eigenvalue weighted by molar-refractivity contribution is 0.157. The Kier molecular flexibility index (Phi) is 12.6. The van der Waals surface area contributed by atoms with E-state index < -0.39 is 9.84 Å². The summed E-state index contributed by atoms with van der Waals surface area (Å²) in [5, 5.41) is 7.51. The molecule has 140 valence electrons. The number of halogens is 1. The lowest BCUT2D eigenvalue weighted by atomic mass is 10.4. The van der Waals surface area contributed by atoms with Crippen LogP contribution < -0.4 is 10.6 Å². The molecule has 0 aliphatic heterocycles. The third-order valence-corrected chi connectivity index (χ3v) is 4.63. The van der Waals surface area contributed by atoms with Crippen molar-refractivity contribution < 1.29 is 13.2 Å². The number of nitrogens with one attached hydrogen (secondary N) is 2. The molecule has 0 saturated heterocycles. The molecule has 1 aromatic heterocycles. The Morgan fingerprint density at radius 2 is 2.12 bits per heavy atom. The normalized spacial score (nSPS) is 11.9. The van der Waals surface area contributed by atoms with Crippen LogP contribution in [0.25, 0.3) is 0 Å². The van der Waals surface area contributed by atoms with Crippen molar-refractivity contribution in [3.8, 4) is 0 Å². The van der Waals surface area contributed by atoms with E-state index in [2.05, 4.69) is 20.6 Å². The zero-order valence-corrected chi connectivity index (χ0v) is 18.3. The third kappa shape index (κ3) is 12.0. The van der Waals surface area contributed by atoms with Gasteiger partial charge in [-0.1, -0.05) is 0 Å². The molecular formula is C14H27IN4O3S2. The Hall–Kier alpha value is -0.460. The van der Waals surface area contributed by atoms with Crippen LogP contribution >= 0.6 is 35.3 Å². The summed E-state index contributed by atoms with van der Waals surface area (Å²) in [5.41, 5.74) is 0. The fraction of sp³-hybridized carbons (Fsp3) is 0.714. The minimum atomic E-state index is -2.96. The maximum absolute atomic E-state index is 11.0. The average molecular weight is 490 g/mol. The number of rotatable bonds is 10. The molecule has 0 atom stereocenters. The predicted octanol–water partition coefficient (Wildman–Crippen LogP) is 1.23. The third-order valence-electron chi connectivity index (χ3n) is 2.75. The number of hydrogen-bond donors (Lipinski definition) is 2. The standard InChI is InChI=1S/C14H26N4O3S2.HI/c1-4-15-14(16-6-5-13-18-11-12(2)22-13)17-7-8-21-9-10-23(3,19)20;/h11H,4-10H2,1-3H3,(H2,15,16,17);1H. The van der Waals surface area contributed by atoms with Crippen molar-refractivity contribution in [3.63, 3.8) is 0 Å². The van der Waals surface area contributed by atoms with E-state index in [1.165, 1.54) is 11.1 Å². The zero-order chi connectivity index (χ0) is 17.1. The van der Waals surface area contributed by atoms with Gasteiger partial charge in [0.05, 0.1) is 30.5 Å². The summed E-state index contributed by atoms with van der Waals surface area (Å²) in [5.74, 6) is 0.773. The molecule has 0 bridgehead atoms. The largest absolute Gasteiger partial charge is 0.378 e. The van der Waals surface area contributed by atoms with Gasteiger partial charge < -0.3 is 15.4 Å². The van der Waals surface area contributed by atoms with E-state index in [4.69, 9.17) is 4.74 Å². The van der Waals surface area contributed by atoms with Crippen LogP contribution in [0.4, 0.5) is 0 Å². The molecule has 2 N–H and O–H groups in total. The Morgan fingerprint density at radius 1 is 1.38 bits per heavy atom. The number of ether oxygens (including phenoxy) is 1. The monoisotopic (exact) mass is 490 g/mol. The van der Waals surface area contributed by atoms with E-state index in [0.29, 0.717) is 13.2 Å². The van der Waals surface area contributed by atoms with Crippen molar-refractivity contribution >= 4 is 51.1 Å². The van der Waals surface area contributed by atoms with Gasteiger partial charge in [0.25, 0.3) is 0 Å². The fourth-order valence-electron chi connectivity index (χ4n) is 1.68. The smallest absolute Gasteiger partial charge is 0.191 e. The highest BCUT2D eigenvalue weighted by Crippen LogP contribution is 2.10. The van der Waals surface area contributed by atoms with Crippen molar-refractivity contribution in [3.05, 3.63) is 16.1 Å². The SMILES string of the molecule is CCNC(=NCCOCCS(C)(=O)=O)NCCc1ncc(C)s1.I. The van der Waals surface area contributed by atoms with Gasteiger partial charge in [-0.15, -0.1) is 35.3 Å². The lowest BCUT2D eigenvalue weighted by Gasteiger charge is -2.10. The molecule has 1 heterocycles. The van der Waals surface area contributed by atoms with Crippen LogP contribution in [0.3, 0.4) is 0 Å². The number of thiazole rings is 1. The minimum Gasteiger partial charge on any atom is -0.378 e. The van der Waals surface area contributed by atoms with Gasteiger partial charge >= 0.3 is 0 Å². The van der Waals surface area contributed by atoms with Gasteiger partial charge in [-0.25, -0.2) is 13.4 Å². The highest BCUT2D eigenvalue weighted by Gasteiger charge is 2.02. The van der Waals surface area contributed by atoms with E-state index >= 15 is 0 Å². The number of aliphatic imine (C=N–C) groups is 1. The first-order valence-corrected chi connectivity index (χ1v) is 10.5. The molecule has 1 aromatic rings. The molecule has 0 aromatic carbocycles. The van der Waals surface area contributed by atoms with E-state index in [-0.39, 0.29) is 36.3 Å². The van der Waals surface area contributed by atoms with Gasteiger partial charge in [0.2, 0.25) is 0 Å². The van der Waals surface area contributed by atoms with E-state index in [1.807, 2.05) is 20.0 Å². The number of hydrogen-bond acceptors (Lipinski definition) is 6. The Bertz CT molecular complexity index is 591. The second-order valence-electron chi connectivity index (χ2n) is 5.04. The Labute approximate surface area is 165 Å². The Morgan fingerprint density at radius 3 is 2.71 bits per heavy atom. The average Bonchev–Trinajstić information content (AvgIpc) is 2.87. The predicted molar refractivity (Wildman–Crippen MR) is 110 cm³/mol. The van der Waals surface area contributed by atoms with E-state index in [1.54, 1.807) is 11.3 Å².